The SMILES string of the molecule is COC(C)Cc1ccccc1C(=O)C(=O)O. The Labute approximate surface area is 93.9 Å². The number of hydrogen-bond acceptors (Lipinski definition) is 3. The van der Waals surface area contributed by atoms with Crippen LogP contribution in [0, 0.1) is 0 Å². The zero-order valence-electron chi connectivity index (χ0n) is 9.27. The van der Waals surface area contributed by atoms with E-state index in [2.05, 4.69) is 0 Å². The van der Waals surface area contributed by atoms with Gasteiger partial charge in [-0.15, -0.1) is 0 Å². The molecule has 0 aromatic heterocycles. The van der Waals surface area contributed by atoms with Gasteiger partial charge in [0.1, 0.15) is 0 Å². The van der Waals surface area contributed by atoms with Crippen molar-refractivity contribution in [1.82, 2.24) is 0 Å². The average molecular weight is 222 g/mol. The van der Waals surface area contributed by atoms with Crippen molar-refractivity contribution in [2.24, 2.45) is 0 Å². The normalized spacial score (nSPS) is 12.1. The fourth-order valence-corrected chi connectivity index (χ4v) is 1.43. The fourth-order valence-electron chi connectivity index (χ4n) is 1.43. The molecule has 1 atom stereocenters. The van der Waals surface area contributed by atoms with E-state index in [1.807, 2.05) is 6.92 Å². The Morgan fingerprint density at radius 2 is 2.00 bits per heavy atom. The van der Waals surface area contributed by atoms with Crippen molar-refractivity contribution in [2.45, 2.75) is 19.4 Å². The number of ketones is 1. The van der Waals surface area contributed by atoms with E-state index in [0.29, 0.717) is 12.0 Å². The summed E-state index contributed by atoms with van der Waals surface area (Å²) < 4.78 is 5.09. The lowest BCUT2D eigenvalue weighted by Crippen LogP contribution is -2.17. The molecule has 86 valence electrons. The maximum atomic E-state index is 11.4. The first-order valence-corrected chi connectivity index (χ1v) is 4.94. The molecule has 1 aromatic carbocycles. The van der Waals surface area contributed by atoms with Crippen molar-refractivity contribution in [2.75, 3.05) is 7.11 Å². The zero-order chi connectivity index (χ0) is 12.1. The molecule has 1 unspecified atom stereocenters. The molecule has 1 aromatic rings. The van der Waals surface area contributed by atoms with Crippen molar-refractivity contribution in [1.29, 1.82) is 0 Å². The molecular weight excluding hydrogens is 208 g/mol. The van der Waals surface area contributed by atoms with Gasteiger partial charge in [-0.1, -0.05) is 24.3 Å². The molecule has 4 nitrogen and oxygen atoms in total. The largest absolute Gasteiger partial charge is 0.475 e. The van der Waals surface area contributed by atoms with E-state index in [4.69, 9.17) is 9.84 Å². The smallest absolute Gasteiger partial charge is 0.377 e. The average Bonchev–Trinajstić information content (AvgIpc) is 2.28. The third-order valence-electron chi connectivity index (χ3n) is 2.37. The molecule has 0 saturated carbocycles. The van der Waals surface area contributed by atoms with Crippen LogP contribution >= 0.6 is 0 Å². The number of ether oxygens (including phenoxy) is 1. The summed E-state index contributed by atoms with van der Waals surface area (Å²) in [5.74, 6) is -2.31. The predicted molar refractivity (Wildman–Crippen MR) is 58.6 cm³/mol. The highest BCUT2D eigenvalue weighted by Gasteiger charge is 2.18. The van der Waals surface area contributed by atoms with Crippen molar-refractivity contribution >= 4 is 11.8 Å². The van der Waals surface area contributed by atoms with E-state index in [1.54, 1.807) is 25.3 Å². The van der Waals surface area contributed by atoms with Crippen LogP contribution in [0.4, 0.5) is 0 Å². The van der Waals surface area contributed by atoms with Crippen LogP contribution < -0.4 is 0 Å². The van der Waals surface area contributed by atoms with Gasteiger partial charge in [-0.2, -0.15) is 0 Å². The number of carbonyl (C=O) groups excluding carboxylic acids is 1. The van der Waals surface area contributed by atoms with E-state index < -0.39 is 11.8 Å². The summed E-state index contributed by atoms with van der Waals surface area (Å²) in [6, 6.07) is 6.69. The Morgan fingerprint density at radius 1 is 1.38 bits per heavy atom. The van der Waals surface area contributed by atoms with Crippen molar-refractivity contribution < 1.29 is 19.4 Å². The molecular formula is C12H14O4. The van der Waals surface area contributed by atoms with Crippen LogP contribution in [0.3, 0.4) is 0 Å². The molecule has 4 heteroatoms. The van der Waals surface area contributed by atoms with E-state index >= 15 is 0 Å². The summed E-state index contributed by atoms with van der Waals surface area (Å²) in [7, 11) is 1.58. The quantitative estimate of drug-likeness (QED) is 0.606. The van der Waals surface area contributed by atoms with Gasteiger partial charge in [0.25, 0.3) is 5.78 Å². The number of carboxylic acid groups (broad SMARTS) is 1. The predicted octanol–water partition coefficient (Wildman–Crippen LogP) is 1.53. The minimum Gasteiger partial charge on any atom is -0.475 e. The van der Waals surface area contributed by atoms with E-state index in [9.17, 15) is 9.59 Å². The third kappa shape index (κ3) is 2.90. The van der Waals surface area contributed by atoms with Crippen LogP contribution in [0.2, 0.25) is 0 Å². The van der Waals surface area contributed by atoms with Gasteiger partial charge in [-0.25, -0.2) is 4.79 Å². The molecule has 0 saturated heterocycles. The standard InChI is InChI=1S/C12H14O4/c1-8(16-2)7-9-5-3-4-6-10(9)11(13)12(14)15/h3-6,8H,7H2,1-2H3,(H,14,15). The topological polar surface area (TPSA) is 63.6 Å². The molecule has 0 heterocycles. The maximum Gasteiger partial charge on any atom is 0.377 e. The number of methoxy groups -OCH3 is 1. The maximum absolute atomic E-state index is 11.4. The highest BCUT2D eigenvalue weighted by atomic mass is 16.5. The summed E-state index contributed by atoms with van der Waals surface area (Å²) in [5.41, 5.74) is 0.933. The van der Waals surface area contributed by atoms with E-state index in [1.165, 1.54) is 6.07 Å². The van der Waals surface area contributed by atoms with Gasteiger partial charge in [0, 0.05) is 12.7 Å². The van der Waals surface area contributed by atoms with Gasteiger partial charge < -0.3 is 9.84 Å². The number of hydrogen-bond donors (Lipinski definition) is 1. The van der Waals surface area contributed by atoms with Gasteiger partial charge in [0.2, 0.25) is 0 Å². The molecule has 0 fully saturated rings. The number of Topliss-reactive ketones (excluding diaryl/α,β-unsaturated/α-hetero) is 1. The lowest BCUT2D eigenvalue weighted by Gasteiger charge is -2.11. The Bertz CT molecular complexity index is 398. The molecule has 0 bridgehead atoms. The van der Waals surface area contributed by atoms with Gasteiger partial charge in [0.05, 0.1) is 6.10 Å². The Hall–Kier alpha value is -1.68. The number of benzene rings is 1. The third-order valence-corrected chi connectivity index (χ3v) is 2.37. The van der Waals surface area contributed by atoms with Gasteiger partial charge in [0.15, 0.2) is 0 Å². The molecule has 0 aliphatic carbocycles. The summed E-state index contributed by atoms with van der Waals surface area (Å²) in [5, 5.41) is 8.67. The molecule has 16 heavy (non-hydrogen) atoms. The molecule has 0 aliphatic heterocycles. The minimum absolute atomic E-state index is 0.0530. The van der Waals surface area contributed by atoms with Crippen molar-refractivity contribution in [3.8, 4) is 0 Å². The molecule has 0 amide bonds. The highest BCUT2D eigenvalue weighted by Crippen LogP contribution is 2.13. The molecule has 0 spiro atoms. The van der Waals surface area contributed by atoms with Gasteiger partial charge in [-0.05, 0) is 18.9 Å². The number of rotatable bonds is 5. The van der Waals surface area contributed by atoms with Crippen molar-refractivity contribution in [3.63, 3.8) is 0 Å². The first-order chi connectivity index (χ1) is 7.56. The first kappa shape index (κ1) is 12.4. The number of carbonyl (C=O) groups is 2. The van der Waals surface area contributed by atoms with Crippen molar-refractivity contribution in [3.05, 3.63) is 35.4 Å². The highest BCUT2D eigenvalue weighted by molar-refractivity contribution is 6.40. The number of aliphatic carboxylic acids is 1. The van der Waals surface area contributed by atoms with E-state index in [-0.39, 0.29) is 11.7 Å². The first-order valence-electron chi connectivity index (χ1n) is 4.94. The van der Waals surface area contributed by atoms with Gasteiger partial charge in [-0.3, -0.25) is 4.79 Å². The van der Waals surface area contributed by atoms with E-state index in [0.717, 1.165) is 0 Å². The summed E-state index contributed by atoms with van der Waals surface area (Å²) >= 11 is 0. The van der Waals surface area contributed by atoms with Crippen LogP contribution in [0.15, 0.2) is 24.3 Å². The molecule has 1 rings (SSSR count). The summed E-state index contributed by atoms with van der Waals surface area (Å²) in [4.78, 5) is 22.0. The Balaban J connectivity index is 3.00. The lowest BCUT2D eigenvalue weighted by atomic mass is 9.99. The monoisotopic (exact) mass is 222 g/mol. The van der Waals surface area contributed by atoms with Gasteiger partial charge >= 0.3 is 5.97 Å². The molecule has 1 N–H and O–H groups in total. The second-order valence-electron chi connectivity index (χ2n) is 3.54. The van der Waals surface area contributed by atoms with Crippen LogP contribution in [0.1, 0.15) is 22.8 Å². The lowest BCUT2D eigenvalue weighted by molar-refractivity contribution is -0.131. The van der Waals surface area contributed by atoms with Crippen LogP contribution in [-0.4, -0.2) is 30.1 Å². The molecule has 0 aliphatic rings. The summed E-state index contributed by atoms with van der Waals surface area (Å²) in [6.45, 7) is 1.86. The molecule has 0 radical (unpaired) electrons. The van der Waals surface area contributed by atoms with Crippen LogP contribution in [0.5, 0.6) is 0 Å². The second kappa shape index (κ2) is 5.42. The fraction of sp³-hybridized carbons (Fsp3) is 0.333. The minimum atomic E-state index is -1.43. The van der Waals surface area contributed by atoms with Crippen LogP contribution in [-0.2, 0) is 16.0 Å². The second-order valence-corrected chi connectivity index (χ2v) is 3.54. The van der Waals surface area contributed by atoms with Crippen LogP contribution in [0.25, 0.3) is 0 Å². The summed E-state index contributed by atoms with van der Waals surface area (Å²) in [6.07, 6.45) is 0.467. The Morgan fingerprint density at radius 3 is 2.56 bits per heavy atom. The Kier molecular flexibility index (Phi) is 4.19. The zero-order valence-corrected chi connectivity index (χ0v) is 9.27. The number of carboxylic acids is 1.